The van der Waals surface area contributed by atoms with Gasteiger partial charge in [0, 0.05) is 43.0 Å². The van der Waals surface area contributed by atoms with E-state index in [1.54, 1.807) is 5.57 Å². The molecule has 0 fully saturated rings. The number of rotatable bonds is 0. The zero-order valence-electron chi connectivity index (χ0n) is 15.7. The maximum Gasteiger partial charge on any atom is 0.0319 e. The Morgan fingerprint density at radius 1 is 0.727 bits per heavy atom. The van der Waals surface area contributed by atoms with E-state index in [9.17, 15) is 0 Å². The zero-order valence-corrected chi connectivity index (χ0v) is 17.3. The van der Waals surface area contributed by atoms with Crippen molar-refractivity contribution < 1.29 is 37.0 Å². The van der Waals surface area contributed by atoms with Gasteiger partial charge in [-0.25, -0.2) is 17.2 Å². The average molecular weight is 347 g/mol. The van der Waals surface area contributed by atoms with Gasteiger partial charge in [0.05, 0.1) is 0 Å². The van der Waals surface area contributed by atoms with Crippen molar-refractivity contribution in [2.75, 3.05) is 21.3 Å². The van der Waals surface area contributed by atoms with Gasteiger partial charge in [-0.1, -0.05) is 59.3 Å². The molecular formula is C18H35O3Ti-. The number of aliphatic hydroxyl groups excluding tert-OH is 3. The summed E-state index contributed by atoms with van der Waals surface area (Å²) < 4.78 is 0. The van der Waals surface area contributed by atoms with Crippen molar-refractivity contribution in [2.24, 2.45) is 29.6 Å². The van der Waals surface area contributed by atoms with Gasteiger partial charge in [-0.2, -0.15) is 5.57 Å². The topological polar surface area (TPSA) is 60.7 Å². The molecule has 0 aromatic carbocycles. The standard InChI is InChI=1S/C15H23.3CH4O.Ti/c1-8-7-14-12(5)10(3)11(4)13(6)15(14)9(8)2;3*1-2;/h9-13H,1-6H3;3*2H,1H3;/q-1;;;;. The summed E-state index contributed by atoms with van der Waals surface area (Å²) in [5, 5.41) is 21.0. The fraction of sp³-hybridized carbons (Fsp3) is 0.778. The Bertz CT molecular complexity index is 350. The normalized spacial score (nSPS) is 31.8. The Kier molecular flexibility index (Phi) is 16.5. The SMILES string of the molecule is CC1=[C-]C2=C(C1C)C(C)C(C)C(C)C2C.CO.CO.CO.[Ti]. The van der Waals surface area contributed by atoms with Crippen LogP contribution in [0.15, 0.2) is 16.7 Å². The number of hydrogen-bond donors (Lipinski definition) is 3. The first-order valence-corrected chi connectivity index (χ1v) is 7.63. The average Bonchev–Trinajstić information content (AvgIpc) is 2.85. The Morgan fingerprint density at radius 2 is 1.09 bits per heavy atom. The Hall–Kier alpha value is 0.0743. The van der Waals surface area contributed by atoms with Crippen LogP contribution in [-0.2, 0) is 21.7 Å². The first kappa shape index (κ1) is 26.9. The summed E-state index contributed by atoms with van der Waals surface area (Å²) in [4.78, 5) is 0. The van der Waals surface area contributed by atoms with Crippen molar-refractivity contribution in [2.45, 2.75) is 41.5 Å². The van der Waals surface area contributed by atoms with Crippen molar-refractivity contribution in [3.8, 4) is 0 Å². The minimum absolute atomic E-state index is 0. The molecule has 5 unspecified atom stereocenters. The summed E-state index contributed by atoms with van der Waals surface area (Å²) in [5.41, 5.74) is 4.67. The second kappa shape index (κ2) is 13.5. The van der Waals surface area contributed by atoms with Crippen molar-refractivity contribution in [3.63, 3.8) is 0 Å². The number of hydrogen-bond acceptors (Lipinski definition) is 3. The maximum atomic E-state index is 7.00. The number of aliphatic hydroxyl groups is 3. The Labute approximate surface area is 152 Å². The van der Waals surface area contributed by atoms with E-state index in [2.05, 4.69) is 47.6 Å². The molecule has 0 amide bonds. The van der Waals surface area contributed by atoms with E-state index in [1.807, 2.05) is 0 Å². The van der Waals surface area contributed by atoms with Crippen LogP contribution in [0.4, 0.5) is 0 Å². The molecule has 5 atom stereocenters. The molecule has 4 heteroatoms. The second-order valence-corrected chi connectivity index (χ2v) is 5.69. The van der Waals surface area contributed by atoms with Gasteiger partial charge in [0.25, 0.3) is 0 Å². The molecule has 0 saturated heterocycles. The van der Waals surface area contributed by atoms with Crippen LogP contribution in [-0.4, -0.2) is 36.6 Å². The molecule has 130 valence electrons. The van der Waals surface area contributed by atoms with Crippen molar-refractivity contribution >= 4 is 0 Å². The van der Waals surface area contributed by atoms with Crippen molar-refractivity contribution in [1.82, 2.24) is 0 Å². The molecule has 3 N–H and O–H groups in total. The fourth-order valence-corrected chi connectivity index (χ4v) is 3.33. The molecule has 0 heterocycles. The van der Waals surface area contributed by atoms with E-state index in [-0.39, 0.29) is 21.7 Å². The molecule has 0 radical (unpaired) electrons. The smallest absolute Gasteiger partial charge is 0.0319 e. The molecule has 0 saturated carbocycles. The predicted octanol–water partition coefficient (Wildman–Crippen LogP) is 3.06. The van der Waals surface area contributed by atoms with E-state index in [0.717, 1.165) is 39.1 Å². The third kappa shape index (κ3) is 5.61. The van der Waals surface area contributed by atoms with Crippen LogP contribution in [0.5, 0.6) is 0 Å². The summed E-state index contributed by atoms with van der Waals surface area (Å²) in [7, 11) is 3.00. The van der Waals surface area contributed by atoms with Gasteiger partial charge in [-0.15, -0.1) is 0 Å². The monoisotopic (exact) mass is 347 g/mol. The largest absolute Gasteiger partial charge is 0.400 e. The van der Waals surface area contributed by atoms with Crippen LogP contribution in [0.3, 0.4) is 0 Å². The minimum Gasteiger partial charge on any atom is -0.400 e. The molecule has 0 aromatic heterocycles. The van der Waals surface area contributed by atoms with Crippen molar-refractivity contribution in [3.05, 3.63) is 22.8 Å². The Morgan fingerprint density at radius 3 is 1.50 bits per heavy atom. The minimum atomic E-state index is 0. The van der Waals surface area contributed by atoms with E-state index in [0.29, 0.717) is 11.8 Å². The fourth-order valence-electron chi connectivity index (χ4n) is 3.33. The summed E-state index contributed by atoms with van der Waals surface area (Å²) in [6.45, 7) is 14.2. The molecule has 2 aliphatic rings. The first-order valence-electron chi connectivity index (χ1n) is 7.63. The van der Waals surface area contributed by atoms with Gasteiger partial charge >= 0.3 is 0 Å². The summed E-state index contributed by atoms with van der Waals surface area (Å²) in [6, 6.07) is 0. The summed E-state index contributed by atoms with van der Waals surface area (Å²) in [5.74, 6) is 3.70. The molecule has 0 aromatic rings. The summed E-state index contributed by atoms with van der Waals surface area (Å²) in [6.07, 6.45) is 3.63. The molecular weight excluding hydrogens is 312 g/mol. The van der Waals surface area contributed by atoms with Crippen LogP contribution in [0.2, 0.25) is 0 Å². The zero-order chi connectivity index (χ0) is 17.3. The van der Waals surface area contributed by atoms with Gasteiger partial charge in [-0.05, 0) is 11.8 Å². The van der Waals surface area contributed by atoms with Crippen LogP contribution >= 0.6 is 0 Å². The predicted molar refractivity (Wildman–Crippen MR) is 89.7 cm³/mol. The van der Waals surface area contributed by atoms with E-state index in [1.165, 1.54) is 11.1 Å². The van der Waals surface area contributed by atoms with E-state index >= 15 is 0 Å². The van der Waals surface area contributed by atoms with Gasteiger partial charge in [-0.3, -0.25) is 0 Å². The van der Waals surface area contributed by atoms with Crippen molar-refractivity contribution in [1.29, 1.82) is 0 Å². The third-order valence-electron chi connectivity index (χ3n) is 5.11. The molecule has 3 nitrogen and oxygen atoms in total. The quantitative estimate of drug-likeness (QED) is 0.466. The van der Waals surface area contributed by atoms with E-state index in [4.69, 9.17) is 15.3 Å². The Balaban J connectivity index is -0.000000463. The van der Waals surface area contributed by atoms with Crippen LogP contribution in [0, 0.1) is 35.7 Å². The maximum absolute atomic E-state index is 7.00. The number of allylic oxidation sites excluding steroid dienone is 4. The molecule has 0 bridgehead atoms. The molecule has 22 heavy (non-hydrogen) atoms. The molecule has 2 rings (SSSR count). The van der Waals surface area contributed by atoms with Gasteiger partial charge < -0.3 is 15.3 Å². The second-order valence-electron chi connectivity index (χ2n) is 5.69. The first-order chi connectivity index (χ1) is 9.95. The molecule has 2 aliphatic carbocycles. The van der Waals surface area contributed by atoms with Crippen LogP contribution in [0.1, 0.15) is 41.5 Å². The summed E-state index contributed by atoms with van der Waals surface area (Å²) >= 11 is 0. The van der Waals surface area contributed by atoms with Crippen LogP contribution < -0.4 is 0 Å². The van der Waals surface area contributed by atoms with E-state index < -0.39 is 0 Å². The molecule has 0 aliphatic heterocycles. The third-order valence-corrected chi connectivity index (χ3v) is 5.11. The van der Waals surface area contributed by atoms with Crippen LogP contribution in [0.25, 0.3) is 0 Å². The van der Waals surface area contributed by atoms with Gasteiger partial charge in [0.15, 0.2) is 0 Å². The van der Waals surface area contributed by atoms with Gasteiger partial charge in [0.1, 0.15) is 0 Å². The van der Waals surface area contributed by atoms with Gasteiger partial charge in [0.2, 0.25) is 0 Å². The molecule has 0 spiro atoms.